The molecule has 1 saturated carbocycles. The Hall–Kier alpha value is -3.69. The number of anilines is 1. The summed E-state index contributed by atoms with van der Waals surface area (Å²) in [6.45, 7) is 4.28. The molecule has 1 aliphatic carbocycles. The zero-order valence-corrected chi connectivity index (χ0v) is 24.9. The number of halogens is 1. The number of para-hydroxylation sites is 2. The van der Waals surface area contributed by atoms with E-state index in [2.05, 4.69) is 15.2 Å². The fraction of sp³-hybridized carbons (Fsp3) is 0.438. The van der Waals surface area contributed by atoms with Gasteiger partial charge in [0.15, 0.2) is 0 Å². The zero-order chi connectivity index (χ0) is 29.2. The number of methoxy groups -OCH3 is 1. The molecule has 4 heterocycles. The van der Waals surface area contributed by atoms with Crippen LogP contribution in [0.2, 0.25) is 5.02 Å². The average molecular weight is 589 g/mol. The van der Waals surface area contributed by atoms with Crippen LogP contribution in [0.3, 0.4) is 0 Å². The number of fused-ring (bicyclic) bond motifs is 1. The van der Waals surface area contributed by atoms with Gasteiger partial charge in [0.25, 0.3) is 5.91 Å². The number of aromatic nitrogens is 4. The number of imidazole rings is 1. The van der Waals surface area contributed by atoms with Crippen molar-refractivity contribution in [3.05, 3.63) is 81.6 Å². The quantitative estimate of drug-likeness (QED) is 0.321. The van der Waals surface area contributed by atoms with E-state index >= 15 is 0 Å². The van der Waals surface area contributed by atoms with Crippen molar-refractivity contribution in [1.82, 2.24) is 24.4 Å². The highest BCUT2D eigenvalue weighted by Crippen LogP contribution is 2.28. The maximum absolute atomic E-state index is 13.8. The first-order valence-electron chi connectivity index (χ1n) is 14.8. The number of rotatable bonds is 7. The van der Waals surface area contributed by atoms with E-state index < -0.39 is 0 Å². The SMILES string of the molecule is COC1CCN(c2ccc(-n3c(=O)n(CC4CCC(NC(=O)c5cc(Cl)cnc5C)CC4)c4ccccc43)cn2)CC1. The Balaban J connectivity index is 1.14. The summed E-state index contributed by atoms with van der Waals surface area (Å²) in [5, 5.41) is 3.61. The lowest BCUT2D eigenvalue weighted by Gasteiger charge is -2.32. The number of carbonyl (C=O) groups is 1. The van der Waals surface area contributed by atoms with Crippen LogP contribution < -0.4 is 15.9 Å². The molecule has 9 nitrogen and oxygen atoms in total. The van der Waals surface area contributed by atoms with Crippen molar-refractivity contribution in [3.63, 3.8) is 0 Å². The van der Waals surface area contributed by atoms with Crippen molar-refractivity contribution in [2.75, 3.05) is 25.1 Å². The molecular weight excluding hydrogens is 552 g/mol. The third-order valence-corrected chi connectivity index (χ3v) is 9.05. The van der Waals surface area contributed by atoms with Crippen molar-refractivity contribution >= 4 is 34.4 Å². The van der Waals surface area contributed by atoms with Crippen molar-refractivity contribution in [2.45, 2.75) is 64.1 Å². The molecule has 1 aromatic carbocycles. The van der Waals surface area contributed by atoms with Crippen LogP contribution in [0.25, 0.3) is 16.7 Å². The number of nitrogens with zero attached hydrogens (tertiary/aromatic N) is 5. The van der Waals surface area contributed by atoms with Gasteiger partial charge in [-0.2, -0.15) is 0 Å². The Kier molecular flexibility index (Phi) is 8.31. The van der Waals surface area contributed by atoms with Gasteiger partial charge >= 0.3 is 5.69 Å². The van der Waals surface area contributed by atoms with Gasteiger partial charge in [0.1, 0.15) is 5.82 Å². The number of nitrogens with one attached hydrogen (secondary N) is 1. The van der Waals surface area contributed by atoms with E-state index in [4.69, 9.17) is 21.3 Å². The third-order valence-electron chi connectivity index (χ3n) is 8.85. The maximum Gasteiger partial charge on any atom is 0.333 e. The second-order valence-corrected chi connectivity index (χ2v) is 11.9. The molecule has 220 valence electrons. The third kappa shape index (κ3) is 5.80. The predicted octanol–water partition coefficient (Wildman–Crippen LogP) is 5.15. The molecule has 0 radical (unpaired) electrons. The molecule has 10 heteroatoms. The summed E-state index contributed by atoms with van der Waals surface area (Å²) in [7, 11) is 1.77. The molecule has 0 unspecified atom stereocenters. The number of carbonyl (C=O) groups excluding carboxylic acids is 1. The van der Waals surface area contributed by atoms with Crippen LogP contribution >= 0.6 is 11.6 Å². The first-order chi connectivity index (χ1) is 20.4. The number of hydrogen-bond acceptors (Lipinski definition) is 6. The van der Waals surface area contributed by atoms with E-state index in [1.807, 2.05) is 47.9 Å². The molecule has 0 spiro atoms. The number of aryl methyl sites for hydroxylation is 1. The number of amides is 1. The van der Waals surface area contributed by atoms with E-state index in [-0.39, 0.29) is 17.6 Å². The van der Waals surface area contributed by atoms with Gasteiger partial charge in [0.05, 0.1) is 45.3 Å². The van der Waals surface area contributed by atoms with Crippen LogP contribution in [0, 0.1) is 12.8 Å². The molecule has 3 aromatic heterocycles. The molecule has 1 amide bonds. The summed E-state index contributed by atoms with van der Waals surface area (Å²) < 4.78 is 9.18. The van der Waals surface area contributed by atoms with Crippen LogP contribution in [0.4, 0.5) is 5.82 Å². The van der Waals surface area contributed by atoms with E-state index in [9.17, 15) is 9.59 Å². The molecule has 1 saturated heterocycles. The lowest BCUT2D eigenvalue weighted by atomic mass is 9.85. The molecule has 2 fully saturated rings. The Bertz CT molecular complexity index is 1620. The molecule has 0 bridgehead atoms. The highest BCUT2D eigenvalue weighted by Gasteiger charge is 2.26. The topological polar surface area (TPSA) is 94.3 Å². The van der Waals surface area contributed by atoms with Crippen LogP contribution in [0.1, 0.15) is 54.6 Å². The average Bonchev–Trinajstić information content (AvgIpc) is 3.30. The van der Waals surface area contributed by atoms with Crippen molar-refractivity contribution in [1.29, 1.82) is 0 Å². The van der Waals surface area contributed by atoms with Crippen LogP contribution in [0.15, 0.2) is 59.7 Å². The van der Waals surface area contributed by atoms with Gasteiger partial charge in [-0.05, 0) is 81.7 Å². The fourth-order valence-corrected chi connectivity index (χ4v) is 6.56. The minimum Gasteiger partial charge on any atom is -0.381 e. The predicted molar refractivity (Wildman–Crippen MR) is 165 cm³/mol. The molecule has 4 aromatic rings. The summed E-state index contributed by atoms with van der Waals surface area (Å²) in [5.74, 6) is 1.14. The zero-order valence-electron chi connectivity index (χ0n) is 24.1. The molecular formula is C32H37ClN6O3. The number of ether oxygens (including phenoxy) is 1. The largest absolute Gasteiger partial charge is 0.381 e. The van der Waals surface area contributed by atoms with Crippen LogP contribution in [-0.2, 0) is 11.3 Å². The first kappa shape index (κ1) is 28.4. The Morgan fingerprint density at radius 3 is 2.43 bits per heavy atom. The normalized spacial score (nSPS) is 19.7. The Labute approximate surface area is 250 Å². The molecule has 1 aliphatic heterocycles. The number of hydrogen-bond donors (Lipinski definition) is 1. The summed E-state index contributed by atoms with van der Waals surface area (Å²) in [6.07, 6.45) is 9.24. The van der Waals surface area contributed by atoms with Gasteiger partial charge in [-0.15, -0.1) is 0 Å². The fourth-order valence-electron chi connectivity index (χ4n) is 6.40. The lowest BCUT2D eigenvalue weighted by Crippen LogP contribution is -2.39. The number of piperidine rings is 1. The highest BCUT2D eigenvalue weighted by atomic mass is 35.5. The maximum atomic E-state index is 13.8. The second kappa shape index (κ2) is 12.3. The van der Waals surface area contributed by atoms with Crippen molar-refractivity contribution in [2.24, 2.45) is 5.92 Å². The smallest absolute Gasteiger partial charge is 0.333 e. The standard InChI is InChI=1S/C32H37ClN6O3/c1-21-27(17-23(33)18-34-21)31(40)36-24-9-7-22(8-10-24)20-38-28-5-3-4-6-29(28)39(32(38)41)25-11-12-30(35-19-25)37-15-13-26(42-2)14-16-37/h3-6,11-12,17-19,22,24,26H,7-10,13-16,20H2,1-2H3,(H,36,40). The van der Waals surface area contributed by atoms with Crippen LogP contribution in [0.5, 0.6) is 0 Å². The number of benzene rings is 1. The monoisotopic (exact) mass is 588 g/mol. The molecule has 42 heavy (non-hydrogen) atoms. The molecule has 0 atom stereocenters. The summed E-state index contributed by atoms with van der Waals surface area (Å²) in [5.41, 5.74) is 3.70. The minimum absolute atomic E-state index is 0.0500. The molecule has 1 N–H and O–H groups in total. The Morgan fingerprint density at radius 2 is 1.74 bits per heavy atom. The van der Waals surface area contributed by atoms with Gasteiger partial charge in [0.2, 0.25) is 0 Å². The van der Waals surface area contributed by atoms with Gasteiger partial charge in [-0.3, -0.25) is 18.9 Å². The summed E-state index contributed by atoms with van der Waals surface area (Å²) >= 11 is 6.06. The summed E-state index contributed by atoms with van der Waals surface area (Å²) in [4.78, 5) is 37.9. The molecule has 6 rings (SSSR count). The van der Waals surface area contributed by atoms with Crippen molar-refractivity contribution < 1.29 is 9.53 Å². The second-order valence-electron chi connectivity index (χ2n) is 11.5. The van der Waals surface area contributed by atoms with Crippen LogP contribution in [-0.4, -0.2) is 57.4 Å². The van der Waals surface area contributed by atoms with E-state index in [1.165, 1.54) is 0 Å². The highest BCUT2D eigenvalue weighted by molar-refractivity contribution is 6.30. The van der Waals surface area contributed by atoms with Gasteiger partial charge in [-0.25, -0.2) is 9.78 Å². The minimum atomic E-state index is -0.135. The van der Waals surface area contributed by atoms with Gasteiger partial charge in [0, 0.05) is 39.0 Å². The van der Waals surface area contributed by atoms with Gasteiger partial charge < -0.3 is 15.0 Å². The Morgan fingerprint density at radius 1 is 1.00 bits per heavy atom. The van der Waals surface area contributed by atoms with Crippen molar-refractivity contribution in [3.8, 4) is 5.69 Å². The first-order valence-corrected chi connectivity index (χ1v) is 15.2. The number of pyridine rings is 2. The van der Waals surface area contributed by atoms with E-state index in [0.29, 0.717) is 34.8 Å². The van der Waals surface area contributed by atoms with E-state index in [0.717, 1.165) is 74.2 Å². The van der Waals surface area contributed by atoms with Gasteiger partial charge in [-0.1, -0.05) is 23.7 Å². The lowest BCUT2D eigenvalue weighted by molar-refractivity contribution is 0.0818. The molecule has 2 aliphatic rings. The summed E-state index contributed by atoms with van der Waals surface area (Å²) in [6, 6.07) is 13.7. The van der Waals surface area contributed by atoms with E-state index in [1.54, 1.807) is 30.1 Å².